The van der Waals surface area contributed by atoms with Crippen LogP contribution in [0.2, 0.25) is 0 Å². The molecule has 0 aromatic carbocycles. The van der Waals surface area contributed by atoms with E-state index in [9.17, 15) is 9.90 Å². The highest BCUT2D eigenvalue weighted by atomic mass is 16.7. The highest BCUT2D eigenvalue weighted by molar-refractivity contribution is 5.91. The summed E-state index contributed by atoms with van der Waals surface area (Å²) >= 11 is 0. The summed E-state index contributed by atoms with van der Waals surface area (Å²) in [6.45, 7) is 2.71. The van der Waals surface area contributed by atoms with E-state index in [1.807, 2.05) is 6.92 Å². The van der Waals surface area contributed by atoms with Crippen LogP contribution in [-0.4, -0.2) is 36.6 Å². The van der Waals surface area contributed by atoms with Crippen LogP contribution in [0.1, 0.15) is 71.1 Å². The molecule has 1 heterocycles. The van der Waals surface area contributed by atoms with Crippen LogP contribution in [0, 0.1) is 17.8 Å². The molecule has 2 saturated carbocycles. The molecule has 0 unspecified atom stereocenters. The molecular formula is C21H35NO4. The molecule has 3 aliphatic rings. The van der Waals surface area contributed by atoms with Gasteiger partial charge in [0, 0.05) is 25.2 Å². The smallest absolute Gasteiger partial charge is 0.286 e. The van der Waals surface area contributed by atoms with Crippen molar-refractivity contribution in [3.8, 4) is 0 Å². The van der Waals surface area contributed by atoms with Crippen LogP contribution < -0.4 is 5.32 Å². The number of allylic oxidation sites excluding steroid dienone is 1. The first-order valence-electron chi connectivity index (χ1n) is 10.6. The molecule has 1 amide bonds. The zero-order valence-corrected chi connectivity index (χ0v) is 16.1. The predicted octanol–water partition coefficient (Wildman–Crippen LogP) is 3.52. The first kappa shape index (κ1) is 19.7. The average Bonchev–Trinajstić information content (AvgIpc) is 2.60. The molecule has 0 spiro atoms. The van der Waals surface area contributed by atoms with E-state index in [1.54, 1.807) is 0 Å². The van der Waals surface area contributed by atoms with Gasteiger partial charge in [-0.3, -0.25) is 4.79 Å². The van der Waals surface area contributed by atoms with Crippen LogP contribution in [0.5, 0.6) is 0 Å². The van der Waals surface area contributed by atoms with Gasteiger partial charge in [-0.2, -0.15) is 0 Å². The van der Waals surface area contributed by atoms with Gasteiger partial charge in [0.2, 0.25) is 6.29 Å². The van der Waals surface area contributed by atoms with Crippen LogP contribution in [0.25, 0.3) is 0 Å². The van der Waals surface area contributed by atoms with Crippen molar-refractivity contribution in [3.05, 3.63) is 11.8 Å². The van der Waals surface area contributed by atoms with Crippen molar-refractivity contribution in [3.63, 3.8) is 0 Å². The largest absolute Gasteiger partial charge is 0.459 e. The summed E-state index contributed by atoms with van der Waals surface area (Å²) in [5.74, 6) is 1.52. The van der Waals surface area contributed by atoms with Crippen molar-refractivity contribution < 1.29 is 19.4 Å². The van der Waals surface area contributed by atoms with Crippen LogP contribution >= 0.6 is 0 Å². The molecule has 1 aliphatic heterocycles. The summed E-state index contributed by atoms with van der Waals surface area (Å²) in [4.78, 5) is 12.8. The number of carbonyl (C=O) groups excluding carboxylic acids is 1. The number of hydrogen-bond donors (Lipinski definition) is 2. The van der Waals surface area contributed by atoms with Gasteiger partial charge < -0.3 is 19.9 Å². The fraction of sp³-hybridized carbons (Fsp3) is 0.857. The lowest BCUT2D eigenvalue weighted by molar-refractivity contribution is -0.178. The molecule has 0 bridgehead atoms. The molecule has 0 saturated heterocycles. The molecule has 5 heteroatoms. The van der Waals surface area contributed by atoms with E-state index in [4.69, 9.17) is 9.47 Å². The van der Waals surface area contributed by atoms with Gasteiger partial charge in [0.15, 0.2) is 5.76 Å². The molecule has 26 heavy (non-hydrogen) atoms. The van der Waals surface area contributed by atoms with Crippen molar-refractivity contribution in [2.75, 3.05) is 13.2 Å². The molecule has 2 N–H and O–H groups in total. The lowest BCUT2D eigenvalue weighted by atomic mass is 9.68. The normalized spacial score (nSPS) is 30.2. The van der Waals surface area contributed by atoms with Gasteiger partial charge >= 0.3 is 0 Å². The minimum absolute atomic E-state index is 0.0773. The molecule has 0 aromatic rings. The topological polar surface area (TPSA) is 67.8 Å². The van der Waals surface area contributed by atoms with E-state index in [-0.39, 0.29) is 30.8 Å². The number of nitrogens with one attached hydrogen (secondary N) is 1. The maximum Gasteiger partial charge on any atom is 0.286 e. The minimum Gasteiger partial charge on any atom is -0.459 e. The Bertz CT molecular complexity index is 482. The van der Waals surface area contributed by atoms with E-state index < -0.39 is 0 Å². The summed E-state index contributed by atoms with van der Waals surface area (Å²) in [6, 6.07) is 0.278. The second-order valence-corrected chi connectivity index (χ2v) is 8.08. The lowest BCUT2D eigenvalue weighted by Crippen LogP contribution is -2.44. The third-order valence-corrected chi connectivity index (χ3v) is 6.32. The lowest BCUT2D eigenvalue weighted by Gasteiger charge is -2.43. The number of aliphatic hydroxyl groups excluding tert-OH is 1. The number of aliphatic hydroxyl groups is 1. The van der Waals surface area contributed by atoms with Gasteiger partial charge in [-0.25, -0.2) is 0 Å². The summed E-state index contributed by atoms with van der Waals surface area (Å²) < 4.78 is 11.9. The minimum atomic E-state index is -0.380. The van der Waals surface area contributed by atoms with Gasteiger partial charge in [0.05, 0.1) is 0 Å². The van der Waals surface area contributed by atoms with Gasteiger partial charge in [-0.1, -0.05) is 25.7 Å². The standard InChI is InChI=1S/C21H35NO4/c1-2-25-21-17(12-7-13-23)18(15-8-6-9-15)14-19(26-21)20(24)22-16-10-4-3-5-11-16/h14-18,21,23H,2-13H2,1H3,(H,22,24)/t17-,18-,21-/m1/s1. The van der Waals surface area contributed by atoms with Crippen molar-refractivity contribution in [1.29, 1.82) is 0 Å². The highest BCUT2D eigenvalue weighted by Gasteiger charge is 2.42. The van der Waals surface area contributed by atoms with Crippen LogP contribution in [0.3, 0.4) is 0 Å². The number of ether oxygens (including phenoxy) is 2. The molecular weight excluding hydrogens is 330 g/mol. The number of carbonyl (C=O) groups is 1. The second kappa shape index (κ2) is 9.75. The van der Waals surface area contributed by atoms with Gasteiger partial charge in [0.25, 0.3) is 5.91 Å². The fourth-order valence-corrected chi connectivity index (χ4v) is 4.65. The van der Waals surface area contributed by atoms with Crippen molar-refractivity contribution in [2.45, 2.75) is 83.5 Å². The van der Waals surface area contributed by atoms with E-state index in [2.05, 4.69) is 11.4 Å². The monoisotopic (exact) mass is 365 g/mol. The zero-order chi connectivity index (χ0) is 18.4. The van der Waals surface area contributed by atoms with Crippen LogP contribution in [0.4, 0.5) is 0 Å². The first-order chi connectivity index (χ1) is 12.7. The third kappa shape index (κ3) is 4.80. The van der Waals surface area contributed by atoms with Crippen LogP contribution in [0.15, 0.2) is 11.8 Å². The van der Waals surface area contributed by atoms with E-state index in [0.717, 1.165) is 25.7 Å². The van der Waals surface area contributed by atoms with E-state index >= 15 is 0 Å². The zero-order valence-electron chi connectivity index (χ0n) is 16.1. The Morgan fingerprint density at radius 3 is 2.62 bits per heavy atom. The number of hydrogen-bond acceptors (Lipinski definition) is 4. The summed E-state index contributed by atoms with van der Waals surface area (Å²) in [6.07, 6.45) is 12.8. The van der Waals surface area contributed by atoms with Crippen LogP contribution in [-0.2, 0) is 14.3 Å². The number of rotatable bonds is 8. The molecule has 0 radical (unpaired) electrons. The second-order valence-electron chi connectivity index (χ2n) is 8.08. The molecule has 2 aliphatic carbocycles. The molecule has 3 rings (SSSR count). The summed E-state index contributed by atoms with van der Waals surface area (Å²) in [7, 11) is 0. The van der Waals surface area contributed by atoms with E-state index in [1.165, 1.54) is 38.5 Å². The predicted molar refractivity (Wildman–Crippen MR) is 100 cm³/mol. The summed E-state index contributed by atoms with van der Waals surface area (Å²) in [5, 5.41) is 12.4. The number of amides is 1. The quantitative estimate of drug-likeness (QED) is 0.691. The molecule has 2 fully saturated rings. The highest BCUT2D eigenvalue weighted by Crippen LogP contribution is 2.44. The third-order valence-electron chi connectivity index (χ3n) is 6.32. The Kier molecular flexibility index (Phi) is 7.38. The van der Waals surface area contributed by atoms with Gasteiger partial charge in [0.1, 0.15) is 0 Å². The Balaban J connectivity index is 1.72. The molecule has 0 aromatic heterocycles. The SMILES string of the molecule is CCO[C@@H]1OC(C(=O)NC2CCCCC2)=C[C@H](C2CCC2)[C@H]1CCCO. The molecule has 5 nitrogen and oxygen atoms in total. The van der Waals surface area contributed by atoms with Crippen molar-refractivity contribution in [1.82, 2.24) is 5.32 Å². The van der Waals surface area contributed by atoms with Crippen molar-refractivity contribution >= 4 is 5.91 Å². The van der Waals surface area contributed by atoms with E-state index in [0.29, 0.717) is 24.2 Å². The first-order valence-corrected chi connectivity index (χ1v) is 10.6. The maximum atomic E-state index is 12.8. The Labute approximate surface area is 157 Å². The Morgan fingerprint density at radius 1 is 1.23 bits per heavy atom. The fourth-order valence-electron chi connectivity index (χ4n) is 4.65. The Morgan fingerprint density at radius 2 is 2.00 bits per heavy atom. The molecule has 148 valence electrons. The van der Waals surface area contributed by atoms with Gasteiger partial charge in [-0.05, 0) is 63.4 Å². The maximum absolute atomic E-state index is 12.8. The summed E-state index contributed by atoms with van der Waals surface area (Å²) in [5.41, 5.74) is 0. The average molecular weight is 366 g/mol. The molecule has 3 atom stereocenters. The Hall–Kier alpha value is -1.07. The van der Waals surface area contributed by atoms with Gasteiger partial charge in [-0.15, -0.1) is 0 Å². The van der Waals surface area contributed by atoms with Crippen molar-refractivity contribution in [2.24, 2.45) is 17.8 Å².